The molecule has 1 N–H and O–H groups in total. The number of carboxylic acid groups (broad SMARTS) is 1. The zero-order valence-corrected chi connectivity index (χ0v) is 24.0. The fourth-order valence-electron chi connectivity index (χ4n) is 4.92. The summed E-state index contributed by atoms with van der Waals surface area (Å²) in [6.45, 7) is 2.28. The molecule has 0 saturated carbocycles. The highest BCUT2D eigenvalue weighted by Crippen LogP contribution is 2.16. The minimum absolute atomic E-state index is 0.346. The summed E-state index contributed by atoms with van der Waals surface area (Å²) >= 11 is 0. The van der Waals surface area contributed by atoms with Crippen molar-refractivity contribution in [2.45, 2.75) is 135 Å². The van der Waals surface area contributed by atoms with E-state index >= 15 is 0 Å². The Morgan fingerprint density at radius 1 is 0.500 bits per heavy atom. The molecule has 0 spiro atoms. The number of nitrogens with zero attached hydrogens (tertiary/aromatic N) is 2. The maximum absolute atomic E-state index is 10.4. The van der Waals surface area contributed by atoms with Crippen molar-refractivity contribution in [3.05, 3.63) is 48.5 Å². The molecule has 0 atom stereocenters. The number of fused-ring (bicyclic) bond motifs is 2. The summed E-state index contributed by atoms with van der Waals surface area (Å²) in [5, 5.41) is 8.56. The summed E-state index contributed by atoms with van der Waals surface area (Å²) in [6, 6.07) is 15.8. The fourth-order valence-corrected chi connectivity index (χ4v) is 4.92. The molecular weight excluding hydrogens is 468 g/mol. The molecule has 0 aliphatic rings. The fraction of sp³-hybridized carbons (Fsp3) is 0.618. The predicted octanol–water partition coefficient (Wildman–Crippen LogP) is 10.7. The Kier molecular flexibility index (Phi) is 17.9. The number of aromatic nitrogens is 2. The summed E-state index contributed by atoms with van der Waals surface area (Å²) in [4.78, 5) is 19.4. The van der Waals surface area contributed by atoms with E-state index in [-0.39, 0.29) is 0 Å². The van der Waals surface area contributed by atoms with Gasteiger partial charge in [0.15, 0.2) is 0 Å². The third-order valence-electron chi connectivity index (χ3n) is 7.24. The number of rotatable bonds is 20. The molecule has 4 nitrogen and oxygen atoms in total. The van der Waals surface area contributed by atoms with Gasteiger partial charge in [-0.15, -0.1) is 0 Å². The lowest BCUT2D eigenvalue weighted by Gasteiger charge is -2.03. The van der Waals surface area contributed by atoms with Crippen LogP contribution in [0.2, 0.25) is 0 Å². The molecule has 210 valence electrons. The second-order valence-electron chi connectivity index (χ2n) is 10.7. The summed E-state index contributed by atoms with van der Waals surface area (Å²) in [5.74, 6) is -0.651. The second kappa shape index (κ2) is 21.4. The van der Waals surface area contributed by atoms with Gasteiger partial charge in [0, 0.05) is 6.42 Å². The number of carbonyl (C=O) groups is 1. The molecule has 38 heavy (non-hydrogen) atoms. The minimum Gasteiger partial charge on any atom is -0.481 e. The first-order valence-corrected chi connectivity index (χ1v) is 15.5. The Labute approximate surface area is 231 Å². The topological polar surface area (TPSA) is 63.1 Å². The number of carboxylic acids is 1. The molecule has 0 fully saturated rings. The monoisotopic (exact) mass is 520 g/mol. The highest BCUT2D eigenvalue weighted by Gasteiger charge is 1.99. The predicted molar refractivity (Wildman–Crippen MR) is 163 cm³/mol. The Balaban J connectivity index is 0.000000300. The average molecular weight is 521 g/mol. The van der Waals surface area contributed by atoms with Gasteiger partial charge in [-0.25, -0.2) is 9.97 Å². The summed E-state index contributed by atoms with van der Waals surface area (Å²) in [5.41, 5.74) is 3.80. The molecular formula is C34H52N2O2. The molecule has 0 aliphatic heterocycles. The second-order valence-corrected chi connectivity index (χ2v) is 10.7. The van der Waals surface area contributed by atoms with E-state index in [4.69, 9.17) is 5.11 Å². The van der Waals surface area contributed by atoms with Gasteiger partial charge >= 0.3 is 5.97 Å². The number of benzene rings is 2. The average Bonchev–Trinajstić information content (AvgIpc) is 2.93. The van der Waals surface area contributed by atoms with Gasteiger partial charge in [0.25, 0.3) is 0 Å². The molecule has 1 aromatic heterocycles. The normalized spacial score (nSPS) is 11.0. The highest BCUT2D eigenvalue weighted by molar-refractivity contribution is 5.85. The first-order valence-electron chi connectivity index (χ1n) is 15.5. The Morgan fingerprint density at radius 3 is 1.03 bits per heavy atom. The van der Waals surface area contributed by atoms with Gasteiger partial charge in [0.1, 0.15) is 0 Å². The summed E-state index contributed by atoms with van der Waals surface area (Å²) < 4.78 is 0. The maximum Gasteiger partial charge on any atom is 0.303 e. The van der Waals surface area contributed by atoms with Gasteiger partial charge in [-0.2, -0.15) is 0 Å². The van der Waals surface area contributed by atoms with Crippen molar-refractivity contribution in [3.63, 3.8) is 0 Å². The molecule has 4 heteroatoms. The van der Waals surface area contributed by atoms with Crippen molar-refractivity contribution in [1.29, 1.82) is 0 Å². The van der Waals surface area contributed by atoms with Crippen molar-refractivity contribution < 1.29 is 9.90 Å². The molecule has 0 bridgehead atoms. The van der Waals surface area contributed by atoms with Gasteiger partial charge in [0.2, 0.25) is 0 Å². The van der Waals surface area contributed by atoms with Gasteiger partial charge in [0.05, 0.1) is 22.1 Å². The minimum atomic E-state index is -0.651. The zero-order chi connectivity index (χ0) is 27.1. The van der Waals surface area contributed by atoms with E-state index < -0.39 is 5.97 Å². The molecule has 0 amide bonds. The number of para-hydroxylation sites is 4. The molecule has 0 aliphatic carbocycles. The smallest absolute Gasteiger partial charge is 0.303 e. The van der Waals surface area contributed by atoms with Gasteiger partial charge in [-0.1, -0.05) is 147 Å². The van der Waals surface area contributed by atoms with Crippen LogP contribution < -0.4 is 0 Å². The van der Waals surface area contributed by atoms with Gasteiger partial charge < -0.3 is 5.11 Å². The largest absolute Gasteiger partial charge is 0.481 e. The van der Waals surface area contributed by atoms with Crippen LogP contribution in [0.25, 0.3) is 22.1 Å². The van der Waals surface area contributed by atoms with E-state index in [1.54, 1.807) is 0 Å². The third kappa shape index (κ3) is 15.1. The van der Waals surface area contributed by atoms with Crippen molar-refractivity contribution in [2.75, 3.05) is 0 Å². The number of aliphatic carboxylic acids is 1. The number of hydrogen-bond donors (Lipinski definition) is 1. The standard InChI is InChI=1S/C22H44O2.C12H8N2/c1-2-3-4-5-6-7-8-9-10-11-12-13-14-15-16-17-18-19-20-21-22(23)24;1-2-6-10-9(5-1)13-11-7-3-4-8-12(11)14-10/h2-21H2,1H3,(H,23,24);1-8H. The van der Waals surface area contributed by atoms with Crippen molar-refractivity contribution in [3.8, 4) is 0 Å². The highest BCUT2D eigenvalue weighted by atomic mass is 16.4. The van der Waals surface area contributed by atoms with Gasteiger partial charge in [-0.05, 0) is 30.7 Å². The maximum atomic E-state index is 10.4. The van der Waals surface area contributed by atoms with Crippen molar-refractivity contribution >= 4 is 28.0 Å². The Morgan fingerprint density at radius 2 is 0.763 bits per heavy atom. The van der Waals surface area contributed by atoms with E-state index in [1.165, 1.54) is 109 Å². The lowest BCUT2D eigenvalue weighted by Crippen LogP contribution is -1.93. The SMILES string of the molecule is CCCCCCCCCCCCCCCCCCCCCC(=O)O.c1ccc2nc3ccccc3nc2c1. The third-order valence-corrected chi connectivity index (χ3v) is 7.24. The first-order chi connectivity index (χ1) is 18.7. The van der Waals surface area contributed by atoms with Crippen LogP contribution in [-0.2, 0) is 4.79 Å². The number of unbranched alkanes of at least 4 members (excludes halogenated alkanes) is 18. The summed E-state index contributed by atoms with van der Waals surface area (Å²) in [7, 11) is 0. The van der Waals surface area contributed by atoms with Crippen LogP contribution in [0.1, 0.15) is 135 Å². The Bertz CT molecular complexity index is 899. The molecule has 2 aromatic carbocycles. The van der Waals surface area contributed by atoms with Crippen LogP contribution in [0, 0.1) is 0 Å². The zero-order valence-electron chi connectivity index (χ0n) is 24.0. The van der Waals surface area contributed by atoms with E-state index in [2.05, 4.69) is 16.9 Å². The Hall–Kier alpha value is -2.49. The molecule has 1 heterocycles. The quantitative estimate of drug-likeness (QED) is 0.119. The first kappa shape index (κ1) is 31.7. The number of hydrogen-bond acceptors (Lipinski definition) is 3. The molecule has 0 unspecified atom stereocenters. The van der Waals surface area contributed by atoms with Crippen LogP contribution in [0.15, 0.2) is 48.5 Å². The molecule has 3 rings (SSSR count). The molecule has 3 aromatic rings. The van der Waals surface area contributed by atoms with Crippen LogP contribution in [0.5, 0.6) is 0 Å². The van der Waals surface area contributed by atoms with E-state index in [1.807, 2.05) is 48.5 Å². The molecule has 0 saturated heterocycles. The van der Waals surface area contributed by atoms with Crippen LogP contribution >= 0.6 is 0 Å². The van der Waals surface area contributed by atoms with E-state index in [0.29, 0.717) is 6.42 Å². The van der Waals surface area contributed by atoms with Crippen LogP contribution in [0.4, 0.5) is 0 Å². The van der Waals surface area contributed by atoms with Crippen molar-refractivity contribution in [2.24, 2.45) is 0 Å². The van der Waals surface area contributed by atoms with E-state index in [0.717, 1.165) is 34.9 Å². The van der Waals surface area contributed by atoms with Crippen LogP contribution in [0.3, 0.4) is 0 Å². The van der Waals surface area contributed by atoms with Crippen molar-refractivity contribution in [1.82, 2.24) is 9.97 Å². The lowest BCUT2D eigenvalue weighted by molar-refractivity contribution is -0.137. The molecule has 0 radical (unpaired) electrons. The lowest BCUT2D eigenvalue weighted by atomic mass is 10.0. The van der Waals surface area contributed by atoms with E-state index in [9.17, 15) is 4.79 Å². The van der Waals surface area contributed by atoms with Gasteiger partial charge in [-0.3, -0.25) is 4.79 Å². The van der Waals surface area contributed by atoms with Crippen LogP contribution in [-0.4, -0.2) is 21.0 Å². The summed E-state index contributed by atoms with van der Waals surface area (Å²) in [6.07, 6.45) is 26.1.